The summed E-state index contributed by atoms with van der Waals surface area (Å²) in [6, 6.07) is 10.5. The van der Waals surface area contributed by atoms with Crippen LogP contribution in [0.25, 0.3) is 16.9 Å². The number of fused-ring (bicyclic) bond motifs is 2. The molecule has 0 radical (unpaired) electrons. The number of pyridine rings is 1. The zero-order valence-electron chi connectivity index (χ0n) is 18.9. The van der Waals surface area contributed by atoms with Crippen molar-refractivity contribution in [2.45, 2.75) is 31.5 Å². The minimum Gasteiger partial charge on any atom is -0.454 e. The van der Waals surface area contributed by atoms with E-state index in [9.17, 15) is 18.0 Å². The number of benzene rings is 1. The van der Waals surface area contributed by atoms with Crippen molar-refractivity contribution in [1.29, 1.82) is 0 Å². The first-order valence-corrected chi connectivity index (χ1v) is 11.5. The van der Waals surface area contributed by atoms with Crippen molar-refractivity contribution in [3.8, 4) is 22.8 Å². The highest BCUT2D eigenvalue weighted by Gasteiger charge is 2.37. The van der Waals surface area contributed by atoms with Crippen LogP contribution in [0.15, 0.2) is 54.9 Å². The number of nitrogens with zero attached hydrogens (tertiary/aromatic N) is 5. The summed E-state index contributed by atoms with van der Waals surface area (Å²) in [6.07, 6.45) is 1.13. The Morgan fingerprint density at radius 3 is 2.72 bits per heavy atom. The number of hydrogen-bond acceptors (Lipinski definition) is 6. The summed E-state index contributed by atoms with van der Waals surface area (Å²) in [5.41, 5.74) is 0.199. The van der Waals surface area contributed by atoms with Crippen LogP contribution in [-0.4, -0.2) is 43.7 Å². The van der Waals surface area contributed by atoms with E-state index in [1.54, 1.807) is 41.6 Å². The first kappa shape index (κ1) is 22.3. The number of carbonyl (C=O) groups is 1. The smallest absolute Gasteiger partial charge is 0.433 e. The monoisotopic (exact) mass is 495 g/mol. The summed E-state index contributed by atoms with van der Waals surface area (Å²) in [7, 11) is 0. The normalized spacial score (nSPS) is 17.5. The van der Waals surface area contributed by atoms with E-state index in [4.69, 9.17) is 9.47 Å². The van der Waals surface area contributed by atoms with Crippen LogP contribution in [0.1, 0.15) is 47.1 Å². The number of halogens is 3. The van der Waals surface area contributed by atoms with Crippen LogP contribution in [0.5, 0.6) is 11.5 Å². The van der Waals surface area contributed by atoms with Crippen LogP contribution in [0.2, 0.25) is 0 Å². The van der Waals surface area contributed by atoms with Gasteiger partial charge >= 0.3 is 6.18 Å². The van der Waals surface area contributed by atoms with E-state index in [1.807, 2.05) is 6.07 Å². The van der Waals surface area contributed by atoms with Crippen LogP contribution in [0.3, 0.4) is 0 Å². The number of ether oxygens (including phenoxy) is 2. The van der Waals surface area contributed by atoms with Crippen molar-refractivity contribution in [1.82, 2.24) is 24.5 Å². The maximum atomic E-state index is 14.0. The number of rotatable bonds is 3. The van der Waals surface area contributed by atoms with Crippen LogP contribution < -0.4 is 9.47 Å². The van der Waals surface area contributed by atoms with Gasteiger partial charge in [0.2, 0.25) is 6.79 Å². The molecule has 2 aliphatic rings. The van der Waals surface area contributed by atoms with E-state index in [0.717, 1.165) is 30.9 Å². The highest BCUT2D eigenvalue weighted by atomic mass is 19.4. The van der Waals surface area contributed by atoms with E-state index in [-0.39, 0.29) is 29.9 Å². The molecule has 6 rings (SSSR count). The number of aromatic nitrogens is 4. The van der Waals surface area contributed by atoms with Gasteiger partial charge in [-0.15, -0.1) is 0 Å². The number of likely N-dealkylation sites (tertiary alicyclic amines) is 1. The van der Waals surface area contributed by atoms with E-state index in [2.05, 4.69) is 15.1 Å². The Labute approximate surface area is 203 Å². The van der Waals surface area contributed by atoms with Crippen LogP contribution in [0.4, 0.5) is 13.2 Å². The molecule has 36 heavy (non-hydrogen) atoms. The van der Waals surface area contributed by atoms with Crippen LogP contribution in [0, 0.1) is 0 Å². The summed E-state index contributed by atoms with van der Waals surface area (Å²) in [5, 5.41) is 4.06. The zero-order valence-corrected chi connectivity index (χ0v) is 18.9. The van der Waals surface area contributed by atoms with Crippen molar-refractivity contribution in [2.75, 3.05) is 13.3 Å². The van der Waals surface area contributed by atoms with Gasteiger partial charge in [-0.25, -0.2) is 9.50 Å². The van der Waals surface area contributed by atoms with E-state index < -0.39 is 17.8 Å². The lowest BCUT2D eigenvalue weighted by Crippen LogP contribution is -2.38. The predicted molar refractivity (Wildman–Crippen MR) is 121 cm³/mol. The van der Waals surface area contributed by atoms with Gasteiger partial charge in [0.05, 0.1) is 11.7 Å². The molecule has 0 bridgehead atoms. The molecule has 1 aromatic carbocycles. The molecule has 0 N–H and O–H groups in total. The lowest BCUT2D eigenvalue weighted by Gasteiger charge is -2.35. The summed E-state index contributed by atoms with van der Waals surface area (Å²) >= 11 is 0. The summed E-state index contributed by atoms with van der Waals surface area (Å²) < 4.78 is 53.5. The number of hydrogen-bond donors (Lipinski definition) is 0. The van der Waals surface area contributed by atoms with Crippen molar-refractivity contribution < 1.29 is 27.4 Å². The van der Waals surface area contributed by atoms with Crippen molar-refractivity contribution in [3.63, 3.8) is 0 Å². The Morgan fingerprint density at radius 2 is 1.92 bits per heavy atom. The van der Waals surface area contributed by atoms with Crippen LogP contribution in [-0.2, 0) is 6.18 Å². The first-order valence-electron chi connectivity index (χ1n) is 11.5. The maximum Gasteiger partial charge on any atom is 0.433 e. The van der Waals surface area contributed by atoms with Crippen molar-refractivity contribution in [3.05, 3.63) is 71.8 Å². The predicted octanol–water partition coefficient (Wildman–Crippen LogP) is 4.91. The zero-order chi connectivity index (χ0) is 24.9. The van der Waals surface area contributed by atoms with Gasteiger partial charge in [0, 0.05) is 30.6 Å². The standard InChI is InChI=1S/C25H20F3N5O3/c26-25(27,28)22-11-17(15-6-7-20-21(10-15)36-14-35-20)30-23-12-18(31-33(22)23)24(34)32-9-2-1-5-19(32)16-4-3-8-29-13-16/h3-4,6-8,10-13,19H,1-2,5,9,14H2/t19-/m1/s1. The second kappa shape index (κ2) is 8.51. The van der Waals surface area contributed by atoms with E-state index in [0.29, 0.717) is 28.1 Å². The molecule has 1 fully saturated rings. The quantitative estimate of drug-likeness (QED) is 0.402. The molecule has 1 atom stereocenters. The Balaban J connectivity index is 1.42. The average molecular weight is 495 g/mol. The number of alkyl halides is 3. The molecular weight excluding hydrogens is 475 g/mol. The Morgan fingerprint density at radius 1 is 1.06 bits per heavy atom. The lowest BCUT2D eigenvalue weighted by atomic mass is 9.96. The third kappa shape index (κ3) is 3.90. The molecule has 184 valence electrons. The first-order chi connectivity index (χ1) is 17.4. The molecule has 8 nitrogen and oxygen atoms in total. The Hall–Kier alpha value is -4.15. The summed E-state index contributed by atoms with van der Waals surface area (Å²) in [5.74, 6) is 0.503. The molecule has 11 heteroatoms. The van der Waals surface area contributed by atoms with Gasteiger partial charge < -0.3 is 14.4 Å². The molecule has 5 heterocycles. The van der Waals surface area contributed by atoms with Gasteiger partial charge in [-0.1, -0.05) is 6.07 Å². The van der Waals surface area contributed by atoms with Gasteiger partial charge in [-0.2, -0.15) is 18.3 Å². The molecule has 0 spiro atoms. The topological polar surface area (TPSA) is 81.8 Å². The maximum absolute atomic E-state index is 14.0. The third-order valence-corrected chi connectivity index (χ3v) is 6.44. The Kier molecular flexibility index (Phi) is 5.27. The number of carbonyl (C=O) groups excluding carboxylic acids is 1. The average Bonchev–Trinajstić information content (AvgIpc) is 3.54. The number of amides is 1. The fourth-order valence-electron chi connectivity index (χ4n) is 4.73. The second-order valence-electron chi connectivity index (χ2n) is 8.69. The second-order valence-corrected chi connectivity index (χ2v) is 8.69. The van der Waals surface area contributed by atoms with Gasteiger partial charge in [0.25, 0.3) is 5.91 Å². The van der Waals surface area contributed by atoms with Crippen molar-refractivity contribution in [2.24, 2.45) is 0 Å². The number of piperidine rings is 1. The fourth-order valence-corrected chi connectivity index (χ4v) is 4.73. The minimum absolute atomic E-state index is 0.0453. The van der Waals surface area contributed by atoms with Crippen LogP contribution >= 0.6 is 0 Å². The minimum atomic E-state index is -4.72. The molecule has 1 saturated heterocycles. The fraction of sp³-hybridized carbons (Fsp3) is 0.280. The van der Waals surface area contributed by atoms with Gasteiger partial charge in [-0.05, 0) is 55.2 Å². The van der Waals surface area contributed by atoms with Gasteiger partial charge in [0.15, 0.2) is 28.5 Å². The van der Waals surface area contributed by atoms with E-state index in [1.165, 1.54) is 6.07 Å². The highest BCUT2D eigenvalue weighted by Crippen LogP contribution is 2.38. The van der Waals surface area contributed by atoms with Gasteiger partial charge in [-0.3, -0.25) is 9.78 Å². The molecule has 3 aromatic heterocycles. The van der Waals surface area contributed by atoms with Gasteiger partial charge in [0.1, 0.15) is 0 Å². The van der Waals surface area contributed by atoms with Crippen molar-refractivity contribution >= 4 is 11.6 Å². The van der Waals surface area contributed by atoms with E-state index >= 15 is 0 Å². The lowest BCUT2D eigenvalue weighted by molar-refractivity contribution is -0.142. The molecular formula is C25H20F3N5O3. The summed E-state index contributed by atoms with van der Waals surface area (Å²) in [4.78, 5) is 23.7. The molecule has 4 aromatic rings. The highest BCUT2D eigenvalue weighted by molar-refractivity contribution is 5.94. The third-order valence-electron chi connectivity index (χ3n) is 6.44. The molecule has 0 saturated carbocycles. The largest absolute Gasteiger partial charge is 0.454 e. The summed E-state index contributed by atoms with van der Waals surface area (Å²) in [6.45, 7) is 0.526. The molecule has 0 unspecified atom stereocenters. The Bertz CT molecular complexity index is 1450. The molecule has 0 aliphatic carbocycles. The SMILES string of the molecule is O=C(c1cc2nc(-c3ccc4c(c3)OCO4)cc(C(F)(F)F)n2n1)N1CCCC[C@@H]1c1cccnc1. The molecule has 1 amide bonds. The molecule has 2 aliphatic heterocycles.